The first-order chi connectivity index (χ1) is 8.20. The second-order valence-electron chi connectivity index (χ2n) is 5.87. The number of carbonyl (C=O) groups excluding carboxylic acids is 2. The molecule has 0 aromatic rings. The summed E-state index contributed by atoms with van der Waals surface area (Å²) in [6.45, 7) is 9.67. The van der Waals surface area contributed by atoms with Crippen LogP contribution < -0.4 is 0 Å². The van der Waals surface area contributed by atoms with Gasteiger partial charge in [0, 0.05) is 6.54 Å². The van der Waals surface area contributed by atoms with E-state index in [4.69, 9.17) is 4.74 Å². The summed E-state index contributed by atoms with van der Waals surface area (Å²) < 4.78 is 5.36. The maximum Gasteiger partial charge on any atom is 0.411 e. The Hall–Kier alpha value is -1.32. The number of amides is 1. The van der Waals surface area contributed by atoms with Gasteiger partial charge >= 0.3 is 6.09 Å². The van der Waals surface area contributed by atoms with Crippen LogP contribution in [0.2, 0.25) is 0 Å². The molecule has 1 saturated heterocycles. The number of ketones is 1. The van der Waals surface area contributed by atoms with Gasteiger partial charge in [-0.15, -0.1) is 0 Å². The van der Waals surface area contributed by atoms with Gasteiger partial charge in [0.2, 0.25) is 0 Å². The molecule has 1 rings (SSSR count). The quantitative estimate of drug-likeness (QED) is 0.711. The van der Waals surface area contributed by atoms with E-state index in [1.165, 1.54) is 6.08 Å². The lowest BCUT2D eigenvalue weighted by molar-refractivity contribution is -0.123. The number of carbonyl (C=O) groups is 2. The fourth-order valence-corrected chi connectivity index (χ4v) is 2.16. The topological polar surface area (TPSA) is 46.6 Å². The normalized spacial score (nSPS) is 24.6. The van der Waals surface area contributed by atoms with Crippen molar-refractivity contribution in [2.75, 3.05) is 6.54 Å². The van der Waals surface area contributed by atoms with Gasteiger partial charge in [-0.3, -0.25) is 9.69 Å². The van der Waals surface area contributed by atoms with E-state index >= 15 is 0 Å². The average Bonchev–Trinajstić information content (AvgIpc) is 2.59. The first-order valence-corrected chi connectivity index (χ1v) is 6.38. The molecule has 0 aromatic carbocycles. The molecule has 1 aliphatic heterocycles. The van der Waals surface area contributed by atoms with Crippen molar-refractivity contribution in [3.8, 4) is 0 Å². The molecular formula is C14H23NO3. The molecule has 1 heterocycles. The summed E-state index contributed by atoms with van der Waals surface area (Å²) in [5.74, 6) is -0.0339. The van der Waals surface area contributed by atoms with Gasteiger partial charge in [-0.1, -0.05) is 6.08 Å². The Morgan fingerprint density at radius 2 is 1.94 bits per heavy atom. The highest BCUT2D eigenvalue weighted by molar-refractivity contribution is 5.99. The molecule has 4 heteroatoms. The number of hydrogen-bond donors (Lipinski definition) is 0. The number of allylic oxidation sites excluding steroid dienone is 1. The van der Waals surface area contributed by atoms with Crippen LogP contribution in [0.4, 0.5) is 4.79 Å². The maximum absolute atomic E-state index is 12.1. The van der Waals surface area contributed by atoms with Gasteiger partial charge in [-0.2, -0.15) is 0 Å². The van der Waals surface area contributed by atoms with Gasteiger partial charge in [0.1, 0.15) is 11.1 Å². The van der Waals surface area contributed by atoms with Crippen molar-refractivity contribution < 1.29 is 14.3 Å². The Morgan fingerprint density at radius 3 is 2.44 bits per heavy atom. The Labute approximate surface area is 109 Å². The van der Waals surface area contributed by atoms with E-state index in [0.29, 0.717) is 13.0 Å². The summed E-state index contributed by atoms with van der Waals surface area (Å²) in [6, 6.07) is 0. The lowest BCUT2D eigenvalue weighted by atomic mass is 9.93. The molecule has 0 saturated carbocycles. The summed E-state index contributed by atoms with van der Waals surface area (Å²) in [5, 5.41) is 0. The molecule has 1 atom stereocenters. The summed E-state index contributed by atoms with van der Waals surface area (Å²) in [7, 11) is 0. The molecule has 1 aliphatic rings. The van der Waals surface area contributed by atoms with Crippen LogP contribution in [0.1, 0.15) is 47.5 Å². The fraction of sp³-hybridized carbons (Fsp3) is 0.714. The zero-order valence-electron chi connectivity index (χ0n) is 11.9. The molecular weight excluding hydrogens is 230 g/mol. The van der Waals surface area contributed by atoms with Crippen LogP contribution in [0, 0.1) is 0 Å². The second-order valence-corrected chi connectivity index (χ2v) is 5.87. The van der Waals surface area contributed by atoms with Crippen molar-refractivity contribution in [1.29, 1.82) is 0 Å². The van der Waals surface area contributed by atoms with Crippen LogP contribution in [-0.4, -0.2) is 34.5 Å². The van der Waals surface area contributed by atoms with E-state index in [0.717, 1.165) is 6.42 Å². The summed E-state index contributed by atoms with van der Waals surface area (Å²) in [4.78, 5) is 25.8. The Morgan fingerprint density at radius 1 is 1.33 bits per heavy atom. The van der Waals surface area contributed by atoms with Crippen LogP contribution in [0.15, 0.2) is 12.2 Å². The van der Waals surface area contributed by atoms with Gasteiger partial charge in [-0.25, -0.2) is 4.79 Å². The summed E-state index contributed by atoms with van der Waals surface area (Å²) >= 11 is 0. The Balaban J connectivity index is 2.88. The largest absolute Gasteiger partial charge is 0.444 e. The lowest BCUT2D eigenvalue weighted by Gasteiger charge is -2.34. The van der Waals surface area contributed by atoms with Crippen molar-refractivity contribution in [1.82, 2.24) is 4.90 Å². The molecule has 4 nitrogen and oxygen atoms in total. The van der Waals surface area contributed by atoms with Crippen molar-refractivity contribution in [2.24, 2.45) is 0 Å². The third-order valence-electron chi connectivity index (χ3n) is 3.10. The molecule has 0 spiro atoms. The first kappa shape index (κ1) is 14.7. The Bertz CT molecular complexity index is 368. The van der Waals surface area contributed by atoms with Gasteiger partial charge < -0.3 is 4.74 Å². The molecule has 102 valence electrons. The summed E-state index contributed by atoms with van der Waals surface area (Å²) in [5.41, 5.74) is -1.29. The zero-order valence-corrected chi connectivity index (χ0v) is 11.9. The van der Waals surface area contributed by atoms with Crippen molar-refractivity contribution in [3.05, 3.63) is 12.2 Å². The van der Waals surface area contributed by atoms with E-state index in [9.17, 15) is 9.59 Å². The average molecular weight is 253 g/mol. The monoisotopic (exact) mass is 253 g/mol. The van der Waals surface area contributed by atoms with Gasteiger partial charge in [-0.05, 0) is 53.5 Å². The first-order valence-electron chi connectivity index (χ1n) is 6.38. The molecule has 0 aromatic heterocycles. The Kier molecular flexibility index (Phi) is 4.20. The van der Waals surface area contributed by atoms with Crippen molar-refractivity contribution >= 4 is 11.9 Å². The van der Waals surface area contributed by atoms with E-state index in [1.807, 2.05) is 27.7 Å². The molecule has 1 amide bonds. The molecule has 1 unspecified atom stereocenters. The highest BCUT2D eigenvalue weighted by Crippen LogP contribution is 2.31. The van der Waals surface area contributed by atoms with Gasteiger partial charge in [0.15, 0.2) is 5.78 Å². The zero-order chi connectivity index (χ0) is 14.0. The predicted molar refractivity (Wildman–Crippen MR) is 70.4 cm³/mol. The lowest BCUT2D eigenvalue weighted by Crippen LogP contribution is -2.51. The second kappa shape index (κ2) is 5.12. The van der Waals surface area contributed by atoms with Gasteiger partial charge in [0.25, 0.3) is 0 Å². The van der Waals surface area contributed by atoms with E-state index in [1.54, 1.807) is 17.9 Å². The van der Waals surface area contributed by atoms with E-state index < -0.39 is 17.2 Å². The van der Waals surface area contributed by atoms with Gasteiger partial charge in [0.05, 0.1) is 0 Å². The van der Waals surface area contributed by atoms with E-state index in [-0.39, 0.29) is 5.78 Å². The smallest absolute Gasteiger partial charge is 0.411 e. The third kappa shape index (κ3) is 3.12. The van der Waals surface area contributed by atoms with Crippen LogP contribution in [-0.2, 0) is 9.53 Å². The van der Waals surface area contributed by atoms with Crippen LogP contribution >= 0.6 is 0 Å². The number of rotatable bonds is 2. The molecule has 0 bridgehead atoms. The molecule has 0 aliphatic carbocycles. The third-order valence-corrected chi connectivity index (χ3v) is 3.10. The molecule has 0 N–H and O–H groups in total. The minimum atomic E-state index is -0.755. The number of likely N-dealkylation sites (tertiary alicyclic amines) is 1. The minimum absolute atomic E-state index is 0.0339. The predicted octanol–water partition coefficient (Wildman–Crippen LogP) is 2.92. The van der Waals surface area contributed by atoms with Crippen LogP contribution in [0.3, 0.4) is 0 Å². The fourth-order valence-electron chi connectivity index (χ4n) is 2.16. The number of nitrogens with zero attached hydrogens (tertiary/aromatic N) is 1. The number of ether oxygens (including phenoxy) is 1. The highest BCUT2D eigenvalue weighted by Gasteiger charge is 2.45. The van der Waals surface area contributed by atoms with Crippen LogP contribution in [0.25, 0.3) is 0 Å². The highest BCUT2D eigenvalue weighted by atomic mass is 16.6. The standard InChI is InChI=1S/C14H23NO3/c1-6-8-11(16)14(5)9-7-10-15(14)12(17)18-13(2,3)4/h6,8H,7,9-10H2,1-5H3/b8-6+. The maximum atomic E-state index is 12.1. The number of hydrogen-bond acceptors (Lipinski definition) is 3. The molecule has 18 heavy (non-hydrogen) atoms. The minimum Gasteiger partial charge on any atom is -0.444 e. The van der Waals surface area contributed by atoms with Crippen LogP contribution in [0.5, 0.6) is 0 Å². The van der Waals surface area contributed by atoms with E-state index in [2.05, 4.69) is 0 Å². The molecule has 0 radical (unpaired) electrons. The summed E-state index contributed by atoms with van der Waals surface area (Å²) in [6.07, 6.45) is 4.36. The SMILES string of the molecule is C/C=C/C(=O)C1(C)CCCN1C(=O)OC(C)(C)C. The van der Waals surface area contributed by atoms with Crippen molar-refractivity contribution in [3.63, 3.8) is 0 Å². The van der Waals surface area contributed by atoms with Crippen molar-refractivity contribution in [2.45, 2.75) is 58.6 Å². The molecule has 1 fully saturated rings.